The number of pyridine rings is 1. The number of carbonyl (C=O) groups is 1. The Balaban J connectivity index is 1.42. The van der Waals surface area contributed by atoms with Gasteiger partial charge in [0.25, 0.3) is 0 Å². The van der Waals surface area contributed by atoms with Crippen LogP contribution in [0.1, 0.15) is 17.4 Å². The monoisotopic (exact) mass is 378 g/mol. The molecule has 0 spiro atoms. The van der Waals surface area contributed by atoms with Crippen LogP contribution in [0.15, 0.2) is 61.3 Å². The van der Waals surface area contributed by atoms with Crippen LogP contribution < -0.4 is 0 Å². The molecule has 0 radical (unpaired) electrons. The van der Waals surface area contributed by atoms with Gasteiger partial charge in [-0.05, 0) is 23.8 Å². The first-order valence-corrected chi connectivity index (χ1v) is 9.04. The summed E-state index contributed by atoms with van der Waals surface area (Å²) in [6.45, 7) is 1.44. The molecule has 0 saturated carbocycles. The molecule has 1 saturated heterocycles. The molecule has 28 heavy (non-hydrogen) atoms. The Morgan fingerprint density at radius 1 is 1.07 bits per heavy atom. The minimum atomic E-state index is -0.306. The van der Waals surface area contributed by atoms with Crippen molar-refractivity contribution in [3.63, 3.8) is 0 Å². The minimum absolute atomic E-state index is 0.00189. The average Bonchev–Trinajstić information content (AvgIpc) is 2.76. The number of aromatic nitrogens is 3. The molecule has 1 amide bonds. The number of morpholine rings is 1. The van der Waals surface area contributed by atoms with E-state index >= 15 is 0 Å². The molecule has 142 valence electrons. The van der Waals surface area contributed by atoms with Crippen molar-refractivity contribution in [1.82, 2.24) is 19.9 Å². The van der Waals surface area contributed by atoms with E-state index < -0.39 is 0 Å². The molecule has 7 heteroatoms. The summed E-state index contributed by atoms with van der Waals surface area (Å²) < 4.78 is 18.9. The minimum Gasteiger partial charge on any atom is -0.368 e. The van der Waals surface area contributed by atoms with Crippen molar-refractivity contribution in [1.29, 1.82) is 0 Å². The number of benzene rings is 1. The summed E-state index contributed by atoms with van der Waals surface area (Å²) >= 11 is 0. The zero-order valence-corrected chi connectivity index (χ0v) is 15.2. The molecule has 1 aromatic carbocycles. The molecule has 0 bridgehead atoms. The number of amides is 1. The molecule has 1 aliphatic rings. The summed E-state index contributed by atoms with van der Waals surface area (Å²) in [6, 6.07) is 9.87. The highest BCUT2D eigenvalue weighted by atomic mass is 19.1. The smallest absolute Gasteiger partial charge is 0.227 e. The fraction of sp³-hybridized carbons (Fsp3) is 0.238. The normalized spacial score (nSPS) is 16.8. The third kappa shape index (κ3) is 4.20. The van der Waals surface area contributed by atoms with E-state index in [0.29, 0.717) is 19.7 Å². The first kappa shape index (κ1) is 18.2. The molecule has 1 aliphatic heterocycles. The molecule has 3 aromatic rings. The molecular formula is C21H19FN4O2. The summed E-state index contributed by atoms with van der Waals surface area (Å²) in [5, 5.41) is 0. The Kier molecular flexibility index (Phi) is 5.34. The Hall–Kier alpha value is -3.19. The van der Waals surface area contributed by atoms with Gasteiger partial charge in [-0.1, -0.05) is 18.2 Å². The van der Waals surface area contributed by atoms with Gasteiger partial charge in [0.1, 0.15) is 18.2 Å². The van der Waals surface area contributed by atoms with Gasteiger partial charge >= 0.3 is 0 Å². The van der Waals surface area contributed by atoms with Crippen LogP contribution in [0.3, 0.4) is 0 Å². The van der Waals surface area contributed by atoms with Gasteiger partial charge in [0.15, 0.2) is 0 Å². The summed E-state index contributed by atoms with van der Waals surface area (Å²) in [4.78, 5) is 26.9. The Morgan fingerprint density at radius 2 is 1.86 bits per heavy atom. The number of nitrogens with zero attached hydrogens (tertiary/aromatic N) is 4. The third-order valence-corrected chi connectivity index (χ3v) is 4.70. The molecular weight excluding hydrogens is 359 g/mol. The van der Waals surface area contributed by atoms with E-state index in [-0.39, 0.29) is 24.2 Å². The molecule has 0 unspecified atom stereocenters. The highest BCUT2D eigenvalue weighted by Crippen LogP contribution is 2.24. The number of hydrogen-bond donors (Lipinski definition) is 0. The SMILES string of the molecule is O=C(Cc1ccc(F)cc1)N1CCO[C@H](c2ccc(-c3cncnc3)cn2)C1. The van der Waals surface area contributed by atoms with Crippen LogP contribution >= 0.6 is 0 Å². The Labute approximate surface area is 162 Å². The first-order valence-electron chi connectivity index (χ1n) is 9.04. The van der Waals surface area contributed by atoms with E-state index in [1.165, 1.54) is 18.5 Å². The molecule has 1 fully saturated rings. The molecule has 1 atom stereocenters. The van der Waals surface area contributed by atoms with Crippen LogP contribution in [-0.4, -0.2) is 45.5 Å². The standard InChI is InChI=1S/C21H19FN4O2/c22-18-4-1-15(2-5-18)9-21(27)26-7-8-28-20(13-26)19-6-3-16(12-25-19)17-10-23-14-24-11-17/h1-6,10-12,14,20H,7-9,13H2/t20-/m0/s1. The molecule has 6 nitrogen and oxygen atoms in total. The summed E-state index contributed by atoms with van der Waals surface area (Å²) in [5.74, 6) is -0.308. The Bertz CT molecular complexity index is 933. The van der Waals surface area contributed by atoms with Crippen LogP contribution in [0, 0.1) is 5.82 Å². The predicted octanol–water partition coefficient (Wildman–Crippen LogP) is 2.82. The fourth-order valence-electron chi connectivity index (χ4n) is 3.16. The van der Waals surface area contributed by atoms with Crippen molar-refractivity contribution in [2.45, 2.75) is 12.5 Å². The van der Waals surface area contributed by atoms with Crippen LogP contribution in [0.25, 0.3) is 11.1 Å². The molecule has 0 N–H and O–H groups in total. The van der Waals surface area contributed by atoms with Gasteiger partial charge < -0.3 is 9.64 Å². The fourth-order valence-corrected chi connectivity index (χ4v) is 3.16. The largest absolute Gasteiger partial charge is 0.368 e. The van der Waals surface area contributed by atoms with Crippen molar-refractivity contribution in [2.24, 2.45) is 0 Å². The lowest BCUT2D eigenvalue weighted by molar-refractivity contribution is -0.138. The molecule has 3 heterocycles. The summed E-state index contributed by atoms with van der Waals surface area (Å²) in [7, 11) is 0. The highest BCUT2D eigenvalue weighted by Gasteiger charge is 2.26. The van der Waals surface area contributed by atoms with Gasteiger partial charge in [0.05, 0.1) is 25.3 Å². The van der Waals surface area contributed by atoms with Gasteiger partial charge in [0, 0.05) is 36.3 Å². The van der Waals surface area contributed by atoms with E-state index in [4.69, 9.17) is 4.74 Å². The second-order valence-corrected chi connectivity index (χ2v) is 6.60. The van der Waals surface area contributed by atoms with Gasteiger partial charge in [0.2, 0.25) is 5.91 Å². The van der Waals surface area contributed by atoms with Crippen LogP contribution in [0.2, 0.25) is 0 Å². The van der Waals surface area contributed by atoms with E-state index in [0.717, 1.165) is 22.4 Å². The number of ether oxygens (including phenoxy) is 1. The average molecular weight is 378 g/mol. The summed E-state index contributed by atoms with van der Waals surface area (Å²) in [6.07, 6.45) is 6.68. The number of rotatable bonds is 4. The number of hydrogen-bond acceptors (Lipinski definition) is 5. The van der Waals surface area contributed by atoms with Crippen molar-refractivity contribution in [3.8, 4) is 11.1 Å². The van der Waals surface area contributed by atoms with Crippen molar-refractivity contribution in [2.75, 3.05) is 19.7 Å². The summed E-state index contributed by atoms with van der Waals surface area (Å²) in [5.41, 5.74) is 3.38. The maximum Gasteiger partial charge on any atom is 0.227 e. The Morgan fingerprint density at radius 3 is 2.57 bits per heavy atom. The third-order valence-electron chi connectivity index (χ3n) is 4.70. The van der Waals surface area contributed by atoms with Crippen LogP contribution in [0.4, 0.5) is 4.39 Å². The van der Waals surface area contributed by atoms with E-state index in [9.17, 15) is 9.18 Å². The van der Waals surface area contributed by atoms with E-state index in [1.54, 1.807) is 35.6 Å². The second kappa shape index (κ2) is 8.22. The lowest BCUT2D eigenvalue weighted by Gasteiger charge is -2.32. The highest BCUT2D eigenvalue weighted by molar-refractivity contribution is 5.79. The van der Waals surface area contributed by atoms with Gasteiger partial charge in [-0.25, -0.2) is 14.4 Å². The zero-order valence-electron chi connectivity index (χ0n) is 15.2. The van der Waals surface area contributed by atoms with Crippen LogP contribution in [0.5, 0.6) is 0 Å². The van der Waals surface area contributed by atoms with Crippen molar-refractivity contribution >= 4 is 5.91 Å². The first-order chi connectivity index (χ1) is 13.7. The van der Waals surface area contributed by atoms with E-state index in [2.05, 4.69) is 15.0 Å². The lowest BCUT2D eigenvalue weighted by atomic mass is 10.1. The molecule has 2 aromatic heterocycles. The topological polar surface area (TPSA) is 68.2 Å². The maximum atomic E-state index is 13.0. The zero-order chi connectivity index (χ0) is 19.3. The quantitative estimate of drug-likeness (QED) is 0.698. The number of carbonyl (C=O) groups excluding carboxylic acids is 1. The second-order valence-electron chi connectivity index (χ2n) is 6.60. The number of halogens is 1. The molecule has 4 rings (SSSR count). The van der Waals surface area contributed by atoms with E-state index in [1.807, 2.05) is 12.1 Å². The van der Waals surface area contributed by atoms with Crippen molar-refractivity contribution < 1.29 is 13.9 Å². The van der Waals surface area contributed by atoms with Crippen LogP contribution in [-0.2, 0) is 16.0 Å². The maximum absolute atomic E-state index is 13.0. The van der Waals surface area contributed by atoms with Gasteiger partial charge in [-0.15, -0.1) is 0 Å². The van der Waals surface area contributed by atoms with Crippen molar-refractivity contribution in [3.05, 3.63) is 78.4 Å². The van der Waals surface area contributed by atoms with Gasteiger partial charge in [-0.3, -0.25) is 9.78 Å². The predicted molar refractivity (Wildman–Crippen MR) is 101 cm³/mol. The lowest BCUT2D eigenvalue weighted by Crippen LogP contribution is -2.43. The molecule has 0 aliphatic carbocycles. The van der Waals surface area contributed by atoms with Gasteiger partial charge in [-0.2, -0.15) is 0 Å².